The average molecular weight is 304 g/mol. The first-order valence-corrected chi connectivity index (χ1v) is 8.21. The van der Waals surface area contributed by atoms with Crippen LogP contribution in [0.1, 0.15) is 44.2 Å². The Morgan fingerprint density at radius 1 is 1.36 bits per heavy atom. The number of likely N-dealkylation sites (tertiary alicyclic amines) is 1. The van der Waals surface area contributed by atoms with E-state index in [9.17, 15) is 9.90 Å². The molecule has 122 valence electrons. The highest BCUT2D eigenvalue weighted by atomic mass is 16.3. The van der Waals surface area contributed by atoms with Crippen molar-refractivity contribution in [3.8, 4) is 0 Å². The molecule has 3 atom stereocenters. The van der Waals surface area contributed by atoms with Crippen molar-refractivity contribution in [1.82, 2.24) is 4.90 Å². The van der Waals surface area contributed by atoms with Crippen LogP contribution in [0.4, 0.5) is 5.69 Å². The van der Waals surface area contributed by atoms with Gasteiger partial charge in [-0.15, -0.1) is 0 Å². The lowest BCUT2D eigenvalue weighted by molar-refractivity contribution is -0.121. The zero-order valence-electron chi connectivity index (χ0n) is 14.1. The summed E-state index contributed by atoms with van der Waals surface area (Å²) >= 11 is 0. The Morgan fingerprint density at radius 2 is 2.00 bits per heavy atom. The number of hydrogen-bond acceptors (Lipinski definition) is 3. The monoisotopic (exact) mass is 304 g/mol. The second-order valence-corrected chi connectivity index (χ2v) is 6.55. The second kappa shape index (κ2) is 7.25. The van der Waals surface area contributed by atoms with Crippen LogP contribution in [0.5, 0.6) is 0 Å². The van der Waals surface area contributed by atoms with Crippen LogP contribution in [-0.2, 0) is 4.79 Å². The molecule has 1 aliphatic rings. The minimum absolute atomic E-state index is 0.0369. The third-order valence-electron chi connectivity index (χ3n) is 4.64. The third-order valence-corrected chi connectivity index (χ3v) is 4.64. The third kappa shape index (κ3) is 3.87. The summed E-state index contributed by atoms with van der Waals surface area (Å²) < 4.78 is 0. The molecule has 22 heavy (non-hydrogen) atoms. The van der Waals surface area contributed by atoms with Gasteiger partial charge in [0.25, 0.3) is 0 Å². The SMILES string of the molecule is Cc1cccc(C)c1NC(=O)C(C)N1CCCC1CC(C)O. The number of hydrogen-bond donors (Lipinski definition) is 2. The maximum absolute atomic E-state index is 12.6. The van der Waals surface area contributed by atoms with Crippen LogP contribution < -0.4 is 5.32 Å². The fraction of sp³-hybridized carbons (Fsp3) is 0.611. The number of aliphatic hydroxyl groups is 1. The van der Waals surface area contributed by atoms with E-state index in [1.807, 2.05) is 45.9 Å². The minimum Gasteiger partial charge on any atom is -0.393 e. The van der Waals surface area contributed by atoms with Crippen molar-refractivity contribution >= 4 is 11.6 Å². The lowest BCUT2D eigenvalue weighted by atomic mass is 10.1. The zero-order valence-corrected chi connectivity index (χ0v) is 14.1. The van der Waals surface area contributed by atoms with E-state index in [1.54, 1.807) is 0 Å². The molecule has 1 amide bonds. The summed E-state index contributed by atoms with van der Waals surface area (Å²) in [6, 6.07) is 6.16. The van der Waals surface area contributed by atoms with Gasteiger partial charge >= 0.3 is 0 Å². The van der Waals surface area contributed by atoms with Gasteiger partial charge in [0.15, 0.2) is 0 Å². The normalized spacial score (nSPS) is 21.6. The van der Waals surface area contributed by atoms with Gasteiger partial charge in [-0.2, -0.15) is 0 Å². The Balaban J connectivity index is 2.05. The van der Waals surface area contributed by atoms with Gasteiger partial charge in [-0.1, -0.05) is 18.2 Å². The molecule has 1 aliphatic heterocycles. The van der Waals surface area contributed by atoms with Gasteiger partial charge in [0.05, 0.1) is 12.1 Å². The first kappa shape index (κ1) is 17.0. The molecule has 2 N–H and O–H groups in total. The Morgan fingerprint density at radius 3 is 2.59 bits per heavy atom. The second-order valence-electron chi connectivity index (χ2n) is 6.55. The van der Waals surface area contributed by atoms with Crippen molar-refractivity contribution in [2.24, 2.45) is 0 Å². The van der Waals surface area contributed by atoms with Crippen LogP contribution in [0.15, 0.2) is 18.2 Å². The number of amides is 1. The molecule has 0 spiro atoms. The number of carbonyl (C=O) groups is 1. The predicted octanol–water partition coefficient (Wildman–Crippen LogP) is 2.87. The molecule has 0 aliphatic carbocycles. The highest BCUT2D eigenvalue weighted by Gasteiger charge is 2.32. The van der Waals surface area contributed by atoms with E-state index < -0.39 is 0 Å². The molecule has 1 aromatic carbocycles. The summed E-state index contributed by atoms with van der Waals surface area (Å²) in [5, 5.41) is 12.7. The molecule has 0 saturated carbocycles. The molecule has 0 bridgehead atoms. The molecule has 2 rings (SSSR count). The van der Waals surface area contributed by atoms with E-state index in [0.29, 0.717) is 6.04 Å². The number of carbonyl (C=O) groups excluding carboxylic acids is 1. The topological polar surface area (TPSA) is 52.6 Å². The van der Waals surface area contributed by atoms with E-state index in [2.05, 4.69) is 10.2 Å². The highest BCUT2D eigenvalue weighted by Crippen LogP contribution is 2.25. The number of rotatable bonds is 5. The van der Waals surface area contributed by atoms with Gasteiger partial charge in [-0.3, -0.25) is 9.69 Å². The summed E-state index contributed by atoms with van der Waals surface area (Å²) in [5.41, 5.74) is 3.09. The van der Waals surface area contributed by atoms with Crippen molar-refractivity contribution in [2.45, 2.75) is 65.1 Å². The first-order valence-electron chi connectivity index (χ1n) is 8.21. The highest BCUT2D eigenvalue weighted by molar-refractivity contribution is 5.95. The minimum atomic E-state index is -0.320. The number of para-hydroxylation sites is 1. The summed E-state index contributed by atoms with van der Waals surface area (Å²) in [6.45, 7) is 8.73. The van der Waals surface area contributed by atoms with Crippen molar-refractivity contribution in [2.75, 3.05) is 11.9 Å². The molecule has 1 aromatic rings. The molecular formula is C18H28N2O2. The fourth-order valence-electron chi connectivity index (χ4n) is 3.40. The Bertz CT molecular complexity index is 508. The van der Waals surface area contributed by atoms with Crippen LogP contribution >= 0.6 is 0 Å². The van der Waals surface area contributed by atoms with E-state index in [-0.39, 0.29) is 18.1 Å². The summed E-state index contributed by atoms with van der Waals surface area (Å²) in [7, 11) is 0. The van der Waals surface area contributed by atoms with Crippen molar-refractivity contribution in [3.05, 3.63) is 29.3 Å². The maximum atomic E-state index is 12.6. The Kier molecular flexibility index (Phi) is 5.59. The van der Waals surface area contributed by atoms with Crippen LogP contribution in [-0.4, -0.2) is 40.6 Å². The lowest BCUT2D eigenvalue weighted by Crippen LogP contribution is -2.45. The molecule has 4 nitrogen and oxygen atoms in total. The van der Waals surface area contributed by atoms with Gasteiger partial charge in [0, 0.05) is 11.7 Å². The molecule has 4 heteroatoms. The molecular weight excluding hydrogens is 276 g/mol. The zero-order chi connectivity index (χ0) is 16.3. The van der Waals surface area contributed by atoms with Crippen molar-refractivity contribution in [1.29, 1.82) is 0 Å². The first-order chi connectivity index (χ1) is 10.4. The average Bonchev–Trinajstić information content (AvgIpc) is 2.89. The molecule has 3 unspecified atom stereocenters. The van der Waals surface area contributed by atoms with E-state index in [4.69, 9.17) is 0 Å². The lowest BCUT2D eigenvalue weighted by Gasteiger charge is -2.30. The molecule has 1 fully saturated rings. The van der Waals surface area contributed by atoms with Gasteiger partial charge in [0.1, 0.15) is 0 Å². The fourth-order valence-corrected chi connectivity index (χ4v) is 3.40. The largest absolute Gasteiger partial charge is 0.393 e. The van der Waals surface area contributed by atoms with E-state index >= 15 is 0 Å². The van der Waals surface area contributed by atoms with Gasteiger partial charge in [0.2, 0.25) is 5.91 Å². The van der Waals surface area contributed by atoms with Crippen LogP contribution in [0.2, 0.25) is 0 Å². The van der Waals surface area contributed by atoms with Gasteiger partial charge in [-0.05, 0) is 64.6 Å². The smallest absolute Gasteiger partial charge is 0.241 e. The summed E-state index contributed by atoms with van der Waals surface area (Å²) in [4.78, 5) is 14.9. The van der Waals surface area contributed by atoms with Gasteiger partial charge < -0.3 is 10.4 Å². The maximum Gasteiger partial charge on any atom is 0.241 e. The van der Waals surface area contributed by atoms with E-state index in [0.717, 1.165) is 42.6 Å². The summed E-state index contributed by atoms with van der Waals surface area (Å²) in [5.74, 6) is 0.0369. The molecule has 1 heterocycles. The number of nitrogens with zero attached hydrogens (tertiary/aromatic N) is 1. The number of aliphatic hydroxyl groups excluding tert-OH is 1. The Labute approximate surface area is 133 Å². The summed E-state index contributed by atoms with van der Waals surface area (Å²) in [6.07, 6.45) is 2.57. The quantitative estimate of drug-likeness (QED) is 0.879. The number of nitrogens with one attached hydrogen (secondary N) is 1. The number of aryl methyl sites for hydroxylation is 2. The van der Waals surface area contributed by atoms with Crippen LogP contribution in [0, 0.1) is 13.8 Å². The predicted molar refractivity (Wildman–Crippen MR) is 90.0 cm³/mol. The van der Waals surface area contributed by atoms with Crippen LogP contribution in [0.25, 0.3) is 0 Å². The Hall–Kier alpha value is -1.39. The van der Waals surface area contributed by atoms with Crippen LogP contribution in [0.3, 0.4) is 0 Å². The molecule has 1 saturated heterocycles. The van der Waals surface area contributed by atoms with Gasteiger partial charge in [-0.25, -0.2) is 0 Å². The number of benzene rings is 1. The van der Waals surface area contributed by atoms with E-state index in [1.165, 1.54) is 0 Å². The van der Waals surface area contributed by atoms with Crippen molar-refractivity contribution < 1.29 is 9.90 Å². The number of anilines is 1. The van der Waals surface area contributed by atoms with Crippen molar-refractivity contribution in [3.63, 3.8) is 0 Å². The molecule has 0 radical (unpaired) electrons. The molecule has 0 aromatic heterocycles. The standard InChI is InChI=1S/C18H28N2O2/c1-12-7-5-8-13(2)17(12)19-18(22)15(4)20-10-6-9-16(20)11-14(3)21/h5,7-8,14-16,21H,6,9-11H2,1-4H3,(H,19,22).